The predicted octanol–water partition coefficient (Wildman–Crippen LogP) is 5.40. The summed E-state index contributed by atoms with van der Waals surface area (Å²) in [6.45, 7) is 0.273. The topological polar surface area (TPSA) is 38.7 Å². The van der Waals surface area contributed by atoms with Crippen LogP contribution in [0.2, 0.25) is 0 Å². The van der Waals surface area contributed by atoms with Crippen molar-refractivity contribution < 1.29 is 9.53 Å². The van der Waals surface area contributed by atoms with E-state index in [4.69, 9.17) is 4.74 Å². The van der Waals surface area contributed by atoms with Gasteiger partial charge >= 0.3 is 5.97 Å². The van der Waals surface area contributed by atoms with Crippen molar-refractivity contribution in [1.82, 2.24) is 0 Å². The van der Waals surface area contributed by atoms with Crippen LogP contribution >= 0.6 is 22.6 Å². The third-order valence-electron chi connectivity index (χ3n) is 3.56. The molecular formula is C21H16INO2. The Morgan fingerprint density at radius 3 is 2.32 bits per heavy atom. The number of carbonyl (C=O) groups is 1. The molecule has 0 unspecified atom stereocenters. The molecule has 0 amide bonds. The molecule has 0 aromatic heterocycles. The van der Waals surface area contributed by atoms with E-state index >= 15 is 0 Å². The molecule has 0 radical (unpaired) electrons. The molecule has 0 heterocycles. The fourth-order valence-electron chi connectivity index (χ4n) is 2.21. The predicted molar refractivity (Wildman–Crippen MR) is 108 cm³/mol. The minimum Gasteiger partial charge on any atom is -0.457 e. The van der Waals surface area contributed by atoms with Gasteiger partial charge in [-0.2, -0.15) is 0 Å². The fourth-order valence-corrected chi connectivity index (χ4v) is 2.74. The molecule has 25 heavy (non-hydrogen) atoms. The van der Waals surface area contributed by atoms with Crippen LogP contribution in [0.4, 0.5) is 5.69 Å². The van der Waals surface area contributed by atoms with Crippen LogP contribution < -0.4 is 0 Å². The Morgan fingerprint density at radius 1 is 0.920 bits per heavy atom. The molecule has 0 N–H and O–H groups in total. The number of hydrogen-bond acceptors (Lipinski definition) is 3. The van der Waals surface area contributed by atoms with Crippen molar-refractivity contribution in [2.75, 3.05) is 0 Å². The zero-order valence-corrected chi connectivity index (χ0v) is 15.6. The van der Waals surface area contributed by atoms with E-state index in [0.29, 0.717) is 5.56 Å². The molecule has 3 aromatic rings. The van der Waals surface area contributed by atoms with Gasteiger partial charge in [0, 0.05) is 9.78 Å². The zero-order valence-electron chi connectivity index (χ0n) is 13.4. The van der Waals surface area contributed by atoms with Crippen LogP contribution in [0.5, 0.6) is 0 Å². The SMILES string of the molecule is O=C(OCc1ccccc1)c1ccc(C=Nc2ccccc2I)cc1. The highest BCUT2D eigenvalue weighted by Crippen LogP contribution is 2.20. The summed E-state index contributed by atoms with van der Waals surface area (Å²) < 4.78 is 6.42. The minimum atomic E-state index is -0.329. The Morgan fingerprint density at radius 2 is 1.60 bits per heavy atom. The van der Waals surface area contributed by atoms with Crippen LogP contribution in [0.1, 0.15) is 21.5 Å². The summed E-state index contributed by atoms with van der Waals surface area (Å²) in [5.74, 6) is -0.329. The molecule has 0 atom stereocenters. The van der Waals surface area contributed by atoms with Crippen LogP contribution in [-0.2, 0) is 11.3 Å². The second-order valence-electron chi connectivity index (χ2n) is 5.39. The first-order valence-electron chi connectivity index (χ1n) is 7.82. The van der Waals surface area contributed by atoms with Crippen LogP contribution in [0.25, 0.3) is 0 Å². The number of para-hydroxylation sites is 1. The van der Waals surface area contributed by atoms with Crippen molar-refractivity contribution in [2.24, 2.45) is 4.99 Å². The molecule has 0 saturated carbocycles. The monoisotopic (exact) mass is 441 g/mol. The molecule has 3 nitrogen and oxygen atoms in total. The second-order valence-corrected chi connectivity index (χ2v) is 6.56. The average molecular weight is 441 g/mol. The summed E-state index contributed by atoms with van der Waals surface area (Å²) >= 11 is 2.26. The molecule has 3 aromatic carbocycles. The minimum absolute atomic E-state index is 0.273. The lowest BCUT2D eigenvalue weighted by atomic mass is 10.1. The Labute approximate surface area is 160 Å². The van der Waals surface area contributed by atoms with Gasteiger partial charge in [0.1, 0.15) is 6.61 Å². The molecule has 124 valence electrons. The Balaban J connectivity index is 1.62. The molecule has 0 spiro atoms. The molecule has 4 heteroatoms. The van der Waals surface area contributed by atoms with E-state index in [1.807, 2.05) is 66.7 Å². The first-order chi connectivity index (χ1) is 12.2. The number of carbonyl (C=O) groups excluding carboxylic acids is 1. The van der Waals surface area contributed by atoms with Crippen LogP contribution in [-0.4, -0.2) is 12.2 Å². The zero-order chi connectivity index (χ0) is 17.5. The maximum atomic E-state index is 12.1. The number of halogens is 1. The molecular weight excluding hydrogens is 425 g/mol. The van der Waals surface area contributed by atoms with Crippen molar-refractivity contribution in [3.8, 4) is 0 Å². The number of aliphatic imine (C=N–C) groups is 1. The number of nitrogens with zero attached hydrogens (tertiary/aromatic N) is 1. The second kappa shape index (κ2) is 8.58. The average Bonchev–Trinajstić information content (AvgIpc) is 2.67. The number of ether oxygens (including phenoxy) is 1. The molecule has 0 aliphatic carbocycles. The van der Waals surface area contributed by atoms with E-state index in [0.717, 1.165) is 20.4 Å². The van der Waals surface area contributed by atoms with Gasteiger partial charge in [0.2, 0.25) is 0 Å². The summed E-state index contributed by atoms with van der Waals surface area (Å²) in [6.07, 6.45) is 1.79. The van der Waals surface area contributed by atoms with E-state index in [9.17, 15) is 4.79 Å². The van der Waals surface area contributed by atoms with Crippen LogP contribution in [0.3, 0.4) is 0 Å². The number of hydrogen-bond donors (Lipinski definition) is 0. The van der Waals surface area contributed by atoms with E-state index in [1.54, 1.807) is 18.3 Å². The van der Waals surface area contributed by atoms with E-state index in [-0.39, 0.29) is 12.6 Å². The lowest BCUT2D eigenvalue weighted by molar-refractivity contribution is 0.0472. The highest BCUT2D eigenvalue weighted by atomic mass is 127. The summed E-state index contributed by atoms with van der Waals surface area (Å²) in [5, 5.41) is 0. The smallest absolute Gasteiger partial charge is 0.338 e. The van der Waals surface area contributed by atoms with Crippen molar-refractivity contribution in [2.45, 2.75) is 6.61 Å². The van der Waals surface area contributed by atoms with Crippen molar-refractivity contribution in [3.05, 3.63) is 99.1 Å². The molecule has 0 aliphatic rings. The largest absolute Gasteiger partial charge is 0.457 e. The van der Waals surface area contributed by atoms with Crippen LogP contribution in [0.15, 0.2) is 83.9 Å². The molecule has 0 fully saturated rings. The fraction of sp³-hybridized carbons (Fsp3) is 0.0476. The van der Waals surface area contributed by atoms with Crippen molar-refractivity contribution in [3.63, 3.8) is 0 Å². The summed E-state index contributed by atoms with van der Waals surface area (Å²) in [7, 11) is 0. The summed E-state index contributed by atoms with van der Waals surface area (Å²) in [5.41, 5.74) is 3.35. The van der Waals surface area contributed by atoms with Gasteiger partial charge in [0.05, 0.1) is 11.3 Å². The third-order valence-corrected chi connectivity index (χ3v) is 4.48. The van der Waals surface area contributed by atoms with Gasteiger partial charge in [-0.3, -0.25) is 4.99 Å². The Bertz CT molecular complexity index is 874. The maximum Gasteiger partial charge on any atom is 0.338 e. The van der Waals surface area contributed by atoms with Gasteiger partial charge in [0.25, 0.3) is 0 Å². The summed E-state index contributed by atoms with van der Waals surface area (Å²) in [4.78, 5) is 16.6. The van der Waals surface area contributed by atoms with Gasteiger partial charge in [-0.1, -0.05) is 54.6 Å². The first kappa shape index (κ1) is 17.4. The molecule has 3 rings (SSSR count). The molecule has 0 bridgehead atoms. The lowest BCUT2D eigenvalue weighted by Gasteiger charge is -2.05. The van der Waals surface area contributed by atoms with Crippen molar-refractivity contribution in [1.29, 1.82) is 0 Å². The van der Waals surface area contributed by atoms with E-state index in [2.05, 4.69) is 27.6 Å². The highest BCUT2D eigenvalue weighted by Gasteiger charge is 2.07. The van der Waals surface area contributed by atoms with Gasteiger partial charge in [0.15, 0.2) is 0 Å². The van der Waals surface area contributed by atoms with E-state index < -0.39 is 0 Å². The normalized spacial score (nSPS) is 10.8. The quantitative estimate of drug-likeness (QED) is 0.302. The summed E-state index contributed by atoms with van der Waals surface area (Å²) in [6, 6.07) is 24.8. The lowest BCUT2D eigenvalue weighted by Crippen LogP contribution is -2.05. The standard InChI is InChI=1S/C21H16INO2/c22-19-8-4-5-9-20(19)23-14-16-10-12-18(13-11-16)21(24)25-15-17-6-2-1-3-7-17/h1-14H,15H2. The maximum absolute atomic E-state index is 12.1. The van der Waals surface area contributed by atoms with Gasteiger partial charge in [-0.15, -0.1) is 0 Å². The van der Waals surface area contributed by atoms with Crippen LogP contribution in [0, 0.1) is 3.57 Å². The Hall–Kier alpha value is -2.47. The Kier molecular flexibility index (Phi) is 5.95. The van der Waals surface area contributed by atoms with Gasteiger partial charge < -0.3 is 4.74 Å². The number of benzene rings is 3. The highest BCUT2D eigenvalue weighted by molar-refractivity contribution is 14.1. The van der Waals surface area contributed by atoms with Gasteiger partial charge in [-0.25, -0.2) is 4.79 Å². The van der Waals surface area contributed by atoms with Crippen molar-refractivity contribution >= 4 is 40.5 Å². The first-order valence-corrected chi connectivity index (χ1v) is 8.90. The van der Waals surface area contributed by atoms with E-state index in [1.165, 1.54) is 0 Å². The molecule has 0 aliphatic heterocycles. The number of rotatable bonds is 5. The third kappa shape index (κ3) is 5.00. The number of esters is 1. The van der Waals surface area contributed by atoms with Gasteiger partial charge in [-0.05, 0) is 58.0 Å². The molecule has 0 saturated heterocycles.